The number of carbonyl (C=O) groups is 1. The van der Waals surface area contributed by atoms with Crippen molar-refractivity contribution in [2.45, 2.75) is 19.9 Å². The van der Waals surface area contributed by atoms with E-state index >= 15 is 0 Å². The van der Waals surface area contributed by atoms with Crippen molar-refractivity contribution in [3.05, 3.63) is 33.3 Å². The van der Waals surface area contributed by atoms with Crippen molar-refractivity contribution >= 4 is 45.9 Å². The maximum absolute atomic E-state index is 11.7. The molecule has 1 rings (SSSR count). The number of hydrogen-bond donors (Lipinski definition) is 1. The van der Waals surface area contributed by atoms with E-state index in [1.165, 1.54) is 7.11 Å². The molecule has 0 fully saturated rings. The Labute approximate surface area is 127 Å². The van der Waals surface area contributed by atoms with Crippen LogP contribution in [0.25, 0.3) is 0 Å². The van der Waals surface area contributed by atoms with Gasteiger partial charge in [-0.15, -0.1) is 12.4 Å². The van der Waals surface area contributed by atoms with Gasteiger partial charge in [0.1, 0.15) is 0 Å². The highest BCUT2D eigenvalue weighted by molar-refractivity contribution is 9.10. The average molecular weight is 357 g/mol. The first-order chi connectivity index (χ1) is 7.80. The van der Waals surface area contributed by atoms with Crippen LogP contribution in [0.15, 0.2) is 22.7 Å². The van der Waals surface area contributed by atoms with E-state index in [2.05, 4.69) is 15.9 Å². The van der Waals surface area contributed by atoms with Crippen LogP contribution in [0.4, 0.5) is 0 Å². The minimum atomic E-state index is -0.834. The summed E-state index contributed by atoms with van der Waals surface area (Å²) in [6, 6.07) is 4.86. The third-order valence-electron chi connectivity index (χ3n) is 2.78. The van der Waals surface area contributed by atoms with Gasteiger partial charge in [0, 0.05) is 15.5 Å². The van der Waals surface area contributed by atoms with E-state index in [0.717, 1.165) is 10.0 Å². The number of halogens is 3. The molecule has 1 aromatic rings. The molecule has 0 bridgehead atoms. The molecule has 0 aliphatic rings. The van der Waals surface area contributed by atoms with Crippen molar-refractivity contribution in [2.24, 2.45) is 11.1 Å². The molecule has 102 valence electrons. The Morgan fingerprint density at radius 1 is 1.50 bits per heavy atom. The number of carbonyl (C=O) groups excluding carboxylic acids is 1. The third-order valence-corrected chi connectivity index (χ3v) is 3.62. The summed E-state index contributed by atoms with van der Waals surface area (Å²) in [4.78, 5) is 11.7. The molecule has 1 aromatic carbocycles. The molecule has 0 aromatic heterocycles. The van der Waals surface area contributed by atoms with Gasteiger partial charge in [0.25, 0.3) is 0 Å². The van der Waals surface area contributed by atoms with E-state index in [1.54, 1.807) is 19.9 Å². The molecule has 3 nitrogen and oxygen atoms in total. The van der Waals surface area contributed by atoms with Gasteiger partial charge in [-0.3, -0.25) is 4.79 Å². The molecule has 1 atom stereocenters. The first-order valence-corrected chi connectivity index (χ1v) is 6.26. The van der Waals surface area contributed by atoms with Crippen LogP contribution in [0.2, 0.25) is 5.02 Å². The van der Waals surface area contributed by atoms with Crippen LogP contribution < -0.4 is 5.73 Å². The lowest BCUT2D eigenvalue weighted by atomic mass is 9.81. The Balaban J connectivity index is 0.00000289. The predicted octanol–water partition coefficient (Wildman–Crippen LogP) is 3.72. The number of nitrogens with two attached hydrogens (primary N) is 1. The first kappa shape index (κ1) is 17.7. The molecule has 0 saturated heterocycles. The topological polar surface area (TPSA) is 52.3 Å². The number of ether oxygens (including phenoxy) is 1. The highest BCUT2D eigenvalue weighted by atomic mass is 79.9. The zero-order valence-corrected chi connectivity index (χ0v) is 13.5. The van der Waals surface area contributed by atoms with Crippen molar-refractivity contribution in [1.82, 2.24) is 0 Å². The quantitative estimate of drug-likeness (QED) is 0.839. The fraction of sp³-hybridized carbons (Fsp3) is 0.417. The third kappa shape index (κ3) is 3.60. The second kappa shape index (κ2) is 6.75. The number of rotatable bonds is 3. The monoisotopic (exact) mass is 355 g/mol. The average Bonchev–Trinajstić information content (AvgIpc) is 2.30. The lowest BCUT2D eigenvalue weighted by Gasteiger charge is -2.29. The molecular formula is C12H16BrCl2NO2. The lowest BCUT2D eigenvalue weighted by molar-refractivity contribution is -0.152. The van der Waals surface area contributed by atoms with Crippen LogP contribution in [-0.4, -0.2) is 13.1 Å². The van der Waals surface area contributed by atoms with E-state index < -0.39 is 11.5 Å². The zero-order valence-electron chi connectivity index (χ0n) is 10.4. The maximum atomic E-state index is 11.7. The number of methoxy groups -OCH3 is 1. The van der Waals surface area contributed by atoms with Gasteiger partial charge in [-0.2, -0.15) is 0 Å². The Kier molecular flexibility index (Phi) is 6.65. The van der Waals surface area contributed by atoms with Crippen LogP contribution in [0.3, 0.4) is 0 Å². The van der Waals surface area contributed by atoms with Crippen LogP contribution in [0, 0.1) is 5.41 Å². The van der Waals surface area contributed by atoms with Gasteiger partial charge in [-0.1, -0.05) is 27.5 Å². The molecule has 2 N–H and O–H groups in total. The smallest absolute Gasteiger partial charge is 0.313 e. The summed E-state index contributed by atoms with van der Waals surface area (Å²) >= 11 is 9.45. The summed E-state index contributed by atoms with van der Waals surface area (Å²) in [5, 5.41) is 0.540. The highest BCUT2D eigenvalue weighted by Gasteiger charge is 2.37. The van der Waals surface area contributed by atoms with Gasteiger partial charge in [-0.25, -0.2) is 0 Å². The number of esters is 1. The SMILES string of the molecule is COC(=O)C(C)(C)[C@H](N)c1cc(Br)ccc1Cl.Cl. The molecule has 0 heterocycles. The van der Waals surface area contributed by atoms with E-state index in [-0.39, 0.29) is 18.4 Å². The van der Waals surface area contributed by atoms with Crippen LogP contribution in [-0.2, 0) is 9.53 Å². The normalized spacial score (nSPS) is 12.6. The minimum absolute atomic E-state index is 0. The van der Waals surface area contributed by atoms with Gasteiger partial charge < -0.3 is 10.5 Å². The Bertz CT molecular complexity index is 438. The van der Waals surface area contributed by atoms with Gasteiger partial charge >= 0.3 is 5.97 Å². The van der Waals surface area contributed by atoms with Crippen molar-refractivity contribution in [1.29, 1.82) is 0 Å². The molecule has 18 heavy (non-hydrogen) atoms. The Morgan fingerprint density at radius 2 is 2.06 bits per heavy atom. The van der Waals surface area contributed by atoms with Crippen molar-refractivity contribution in [3.63, 3.8) is 0 Å². The van der Waals surface area contributed by atoms with Crippen LogP contribution in [0.5, 0.6) is 0 Å². The van der Waals surface area contributed by atoms with Crippen LogP contribution >= 0.6 is 39.9 Å². The van der Waals surface area contributed by atoms with Crippen molar-refractivity contribution < 1.29 is 9.53 Å². The molecule has 0 saturated carbocycles. The summed E-state index contributed by atoms with van der Waals surface area (Å²) in [6.45, 7) is 3.47. The number of benzene rings is 1. The fourth-order valence-electron chi connectivity index (χ4n) is 1.53. The van der Waals surface area contributed by atoms with Crippen LogP contribution in [0.1, 0.15) is 25.5 Å². The molecule has 0 spiro atoms. The molecule has 6 heteroatoms. The molecule has 0 aliphatic heterocycles. The second-order valence-corrected chi connectivity index (χ2v) is 5.68. The lowest BCUT2D eigenvalue weighted by Crippen LogP contribution is -2.37. The minimum Gasteiger partial charge on any atom is -0.469 e. The van der Waals surface area contributed by atoms with E-state index in [0.29, 0.717) is 5.02 Å². The molecular weight excluding hydrogens is 341 g/mol. The molecule has 0 aliphatic carbocycles. The zero-order chi connectivity index (χ0) is 13.2. The van der Waals surface area contributed by atoms with Gasteiger partial charge in [0.15, 0.2) is 0 Å². The summed E-state index contributed by atoms with van der Waals surface area (Å²) in [6.07, 6.45) is 0. The van der Waals surface area contributed by atoms with Gasteiger partial charge in [0.2, 0.25) is 0 Å². The highest BCUT2D eigenvalue weighted by Crippen LogP contribution is 2.36. The fourth-order valence-corrected chi connectivity index (χ4v) is 2.15. The van der Waals surface area contributed by atoms with E-state index in [1.807, 2.05) is 12.1 Å². The molecule has 0 radical (unpaired) electrons. The summed E-state index contributed by atoms with van der Waals surface area (Å²) < 4.78 is 5.62. The van der Waals surface area contributed by atoms with E-state index in [9.17, 15) is 4.79 Å². The van der Waals surface area contributed by atoms with Crippen molar-refractivity contribution in [3.8, 4) is 0 Å². The molecule has 0 amide bonds. The standard InChI is InChI=1S/C12H15BrClNO2.ClH/c1-12(2,11(16)17-3)10(15)8-6-7(13)4-5-9(8)14;/h4-6,10H,15H2,1-3H3;1H/t10-;/m1./s1. The summed E-state index contributed by atoms with van der Waals surface area (Å²) in [5.74, 6) is -0.360. The van der Waals surface area contributed by atoms with E-state index in [4.69, 9.17) is 22.1 Å². The van der Waals surface area contributed by atoms with Crippen molar-refractivity contribution in [2.75, 3.05) is 7.11 Å². The summed E-state index contributed by atoms with van der Waals surface area (Å²) in [7, 11) is 1.35. The Hall–Kier alpha value is -0.290. The Morgan fingerprint density at radius 3 is 2.56 bits per heavy atom. The number of hydrogen-bond acceptors (Lipinski definition) is 3. The van der Waals surface area contributed by atoms with Gasteiger partial charge in [0.05, 0.1) is 12.5 Å². The molecule has 0 unspecified atom stereocenters. The largest absolute Gasteiger partial charge is 0.469 e. The maximum Gasteiger partial charge on any atom is 0.313 e. The summed E-state index contributed by atoms with van der Waals surface area (Å²) in [5.41, 5.74) is 6.00. The predicted molar refractivity (Wildman–Crippen MR) is 79.1 cm³/mol. The first-order valence-electron chi connectivity index (χ1n) is 5.09. The second-order valence-electron chi connectivity index (χ2n) is 4.36. The van der Waals surface area contributed by atoms with Gasteiger partial charge in [-0.05, 0) is 37.6 Å².